The Labute approximate surface area is 111 Å². The molecule has 0 rings (SSSR count). The highest BCUT2D eigenvalue weighted by Gasteiger charge is 2.05. The van der Waals surface area contributed by atoms with Crippen LogP contribution < -0.4 is 0 Å². The van der Waals surface area contributed by atoms with Gasteiger partial charge in [0.25, 0.3) is 0 Å². The van der Waals surface area contributed by atoms with Gasteiger partial charge in [-0.1, -0.05) is 67.8 Å². The molecule has 1 nitrogen and oxygen atoms in total. The minimum absolute atomic E-state index is 0.671. The molecule has 0 fully saturated rings. The lowest BCUT2D eigenvalue weighted by atomic mass is 10.1. The van der Waals surface area contributed by atoms with Gasteiger partial charge in [0.2, 0.25) is 0 Å². The quantitative estimate of drug-likeness (QED) is 0.389. The lowest BCUT2D eigenvalue weighted by Crippen LogP contribution is -2.31. The zero-order valence-electron chi connectivity index (χ0n) is 11.5. The van der Waals surface area contributed by atoms with Crippen LogP contribution in [0.15, 0.2) is 0 Å². The molecule has 0 heterocycles. The van der Waals surface area contributed by atoms with E-state index in [-0.39, 0.29) is 0 Å². The van der Waals surface area contributed by atoms with Crippen LogP contribution in [0.25, 0.3) is 0 Å². The van der Waals surface area contributed by atoms with Gasteiger partial charge in [0, 0.05) is 11.4 Å². The van der Waals surface area contributed by atoms with Gasteiger partial charge in [-0.15, -0.1) is 0 Å². The summed E-state index contributed by atoms with van der Waals surface area (Å²) in [6.45, 7) is 5.81. The molecule has 2 heteroatoms. The zero-order chi connectivity index (χ0) is 12.2. The molecule has 0 saturated carbocycles. The van der Waals surface area contributed by atoms with E-state index in [2.05, 4.69) is 41.7 Å². The number of alkyl halides is 1. The first kappa shape index (κ1) is 16.4. The van der Waals surface area contributed by atoms with Crippen LogP contribution >= 0.6 is 15.9 Å². The van der Waals surface area contributed by atoms with Crippen molar-refractivity contribution in [1.82, 2.24) is 4.90 Å². The molecular weight excluding hydrogens is 262 g/mol. The van der Waals surface area contributed by atoms with Crippen molar-refractivity contribution < 1.29 is 0 Å². The van der Waals surface area contributed by atoms with Crippen LogP contribution in [0.2, 0.25) is 0 Å². The second-order valence-electron chi connectivity index (χ2n) is 4.96. The number of rotatable bonds is 11. The second kappa shape index (κ2) is 11.9. The number of nitrogens with zero attached hydrogens (tertiary/aromatic N) is 1. The molecule has 0 N–H and O–H groups in total. The monoisotopic (exact) mass is 291 g/mol. The first-order valence-electron chi connectivity index (χ1n) is 6.98. The van der Waals surface area contributed by atoms with Gasteiger partial charge in [-0.2, -0.15) is 0 Å². The van der Waals surface area contributed by atoms with E-state index in [1.54, 1.807) is 0 Å². The average Bonchev–Trinajstić information content (AvgIpc) is 2.31. The molecule has 0 aliphatic heterocycles. The van der Waals surface area contributed by atoms with Crippen LogP contribution in [0.5, 0.6) is 0 Å². The van der Waals surface area contributed by atoms with Crippen molar-refractivity contribution in [3.8, 4) is 0 Å². The topological polar surface area (TPSA) is 3.24 Å². The van der Waals surface area contributed by atoms with Gasteiger partial charge < -0.3 is 4.90 Å². The van der Waals surface area contributed by atoms with Gasteiger partial charge in [-0.3, -0.25) is 0 Å². The van der Waals surface area contributed by atoms with E-state index in [4.69, 9.17) is 0 Å². The number of halogens is 1. The molecule has 0 aromatic carbocycles. The second-order valence-corrected chi connectivity index (χ2v) is 5.61. The molecule has 0 aromatic rings. The zero-order valence-corrected chi connectivity index (χ0v) is 13.1. The molecule has 0 bridgehead atoms. The first-order chi connectivity index (χ1) is 7.72. The van der Waals surface area contributed by atoms with Crippen LogP contribution in [-0.4, -0.2) is 29.9 Å². The number of unbranched alkanes of at least 4 members (excludes halogenated alkanes) is 7. The van der Waals surface area contributed by atoms with E-state index >= 15 is 0 Å². The molecule has 0 aliphatic rings. The Hall–Kier alpha value is 0.440. The molecule has 0 spiro atoms. The fourth-order valence-corrected chi connectivity index (χ4v) is 2.33. The smallest absolute Gasteiger partial charge is 0.0185 e. The maximum atomic E-state index is 3.53. The van der Waals surface area contributed by atoms with E-state index in [0.29, 0.717) is 6.04 Å². The lowest BCUT2D eigenvalue weighted by Gasteiger charge is -2.22. The summed E-state index contributed by atoms with van der Waals surface area (Å²) in [5.74, 6) is 0. The van der Waals surface area contributed by atoms with E-state index < -0.39 is 0 Å². The van der Waals surface area contributed by atoms with Crippen LogP contribution in [0, 0.1) is 0 Å². The largest absolute Gasteiger partial charge is 0.303 e. The molecule has 16 heavy (non-hydrogen) atoms. The molecule has 98 valence electrons. The van der Waals surface area contributed by atoms with Crippen molar-refractivity contribution in [3.63, 3.8) is 0 Å². The van der Waals surface area contributed by atoms with Crippen LogP contribution in [0.4, 0.5) is 0 Å². The molecule has 1 atom stereocenters. The summed E-state index contributed by atoms with van der Waals surface area (Å²) in [5, 5.41) is 1.08. The fourth-order valence-electron chi connectivity index (χ4n) is 1.83. The van der Waals surface area contributed by atoms with E-state index in [0.717, 1.165) is 5.33 Å². The van der Waals surface area contributed by atoms with Crippen LogP contribution in [0.1, 0.15) is 65.2 Å². The normalized spacial score (nSPS) is 13.3. The number of hydrogen-bond acceptors (Lipinski definition) is 1. The van der Waals surface area contributed by atoms with Gasteiger partial charge in [0.05, 0.1) is 0 Å². The lowest BCUT2D eigenvalue weighted by molar-refractivity contribution is 0.271. The Morgan fingerprint density at radius 3 is 1.94 bits per heavy atom. The third-order valence-electron chi connectivity index (χ3n) is 3.34. The van der Waals surface area contributed by atoms with E-state index in [1.807, 2.05) is 0 Å². The predicted octanol–water partition coefficient (Wildman–Crippen LogP) is 4.84. The Kier molecular flexibility index (Phi) is 12.2. The van der Waals surface area contributed by atoms with Gasteiger partial charge in [-0.05, 0) is 26.9 Å². The predicted molar refractivity (Wildman–Crippen MR) is 78.5 cm³/mol. The minimum atomic E-state index is 0.671. The Morgan fingerprint density at radius 2 is 1.44 bits per heavy atom. The van der Waals surface area contributed by atoms with E-state index in [9.17, 15) is 0 Å². The summed E-state index contributed by atoms with van der Waals surface area (Å²) in [4.78, 5) is 2.45. The molecule has 1 unspecified atom stereocenters. The summed E-state index contributed by atoms with van der Waals surface area (Å²) in [6.07, 6.45) is 11.3. The minimum Gasteiger partial charge on any atom is -0.303 e. The molecular formula is C14H30BrN. The third-order valence-corrected chi connectivity index (χ3v) is 4.28. The highest BCUT2D eigenvalue weighted by atomic mass is 79.9. The van der Waals surface area contributed by atoms with Crippen molar-refractivity contribution >= 4 is 15.9 Å². The molecule has 0 amide bonds. The van der Waals surface area contributed by atoms with Crippen molar-refractivity contribution in [2.45, 2.75) is 71.3 Å². The van der Waals surface area contributed by atoms with Crippen molar-refractivity contribution in [1.29, 1.82) is 0 Å². The van der Waals surface area contributed by atoms with Gasteiger partial charge in [0.15, 0.2) is 0 Å². The molecule has 0 saturated heterocycles. The summed E-state index contributed by atoms with van der Waals surface area (Å²) >= 11 is 3.53. The Morgan fingerprint density at radius 1 is 0.938 bits per heavy atom. The number of hydrogen-bond donors (Lipinski definition) is 0. The standard InChI is InChI=1S/C14H30BrN/c1-4-5-6-7-8-9-10-11-12-16(3)14(2)13-15/h14H,4-13H2,1-3H3. The Balaban J connectivity index is 3.14. The SMILES string of the molecule is CCCCCCCCCCN(C)C(C)CBr. The first-order valence-corrected chi connectivity index (χ1v) is 8.10. The van der Waals surface area contributed by atoms with E-state index in [1.165, 1.54) is 57.9 Å². The van der Waals surface area contributed by atoms with Crippen molar-refractivity contribution in [3.05, 3.63) is 0 Å². The Bertz CT molecular complexity index is 139. The fraction of sp³-hybridized carbons (Fsp3) is 1.00. The summed E-state index contributed by atoms with van der Waals surface area (Å²) < 4.78 is 0. The highest BCUT2D eigenvalue weighted by molar-refractivity contribution is 9.09. The summed E-state index contributed by atoms with van der Waals surface area (Å²) in [5.41, 5.74) is 0. The van der Waals surface area contributed by atoms with Crippen LogP contribution in [-0.2, 0) is 0 Å². The van der Waals surface area contributed by atoms with Gasteiger partial charge in [-0.25, -0.2) is 0 Å². The summed E-state index contributed by atoms with van der Waals surface area (Å²) in [7, 11) is 2.23. The van der Waals surface area contributed by atoms with Crippen molar-refractivity contribution in [2.24, 2.45) is 0 Å². The van der Waals surface area contributed by atoms with Crippen molar-refractivity contribution in [2.75, 3.05) is 18.9 Å². The maximum absolute atomic E-state index is 3.53. The highest BCUT2D eigenvalue weighted by Crippen LogP contribution is 2.09. The third kappa shape index (κ3) is 9.65. The average molecular weight is 292 g/mol. The van der Waals surface area contributed by atoms with Crippen LogP contribution in [0.3, 0.4) is 0 Å². The molecule has 0 aliphatic carbocycles. The molecule has 0 radical (unpaired) electrons. The summed E-state index contributed by atoms with van der Waals surface area (Å²) in [6, 6.07) is 0.671. The maximum Gasteiger partial charge on any atom is 0.0185 e. The molecule has 0 aromatic heterocycles. The van der Waals surface area contributed by atoms with Gasteiger partial charge in [0.1, 0.15) is 0 Å². The van der Waals surface area contributed by atoms with Gasteiger partial charge >= 0.3 is 0 Å².